The first-order valence-electron chi connectivity index (χ1n) is 6.99. The van der Waals surface area contributed by atoms with Crippen LogP contribution in [0, 0.1) is 11.3 Å². The van der Waals surface area contributed by atoms with Gasteiger partial charge in [-0.05, 0) is 35.9 Å². The Morgan fingerprint density at radius 2 is 2.17 bits per heavy atom. The van der Waals surface area contributed by atoms with E-state index in [2.05, 4.69) is 16.7 Å². The summed E-state index contributed by atoms with van der Waals surface area (Å²) in [6, 6.07) is 14.4. The maximum Gasteiger partial charge on any atom is 0.251 e. The van der Waals surface area contributed by atoms with E-state index in [4.69, 9.17) is 5.26 Å². The zero-order chi connectivity index (χ0) is 16.2. The monoisotopic (exact) mass is 323 g/mol. The lowest BCUT2D eigenvalue weighted by molar-refractivity contribution is -0.113. The van der Waals surface area contributed by atoms with Crippen LogP contribution in [0.1, 0.15) is 21.5 Å². The van der Waals surface area contributed by atoms with Crippen molar-refractivity contribution in [2.75, 3.05) is 11.1 Å². The van der Waals surface area contributed by atoms with E-state index in [1.165, 1.54) is 11.8 Å². The fourth-order valence-electron chi connectivity index (χ4n) is 2.26. The predicted molar refractivity (Wildman–Crippen MR) is 88.1 cm³/mol. The van der Waals surface area contributed by atoms with Gasteiger partial charge in [-0.2, -0.15) is 5.26 Å². The number of thioether (sulfide) groups is 1. The van der Waals surface area contributed by atoms with E-state index >= 15 is 0 Å². The maximum atomic E-state index is 12.2. The van der Waals surface area contributed by atoms with Gasteiger partial charge in [0.15, 0.2) is 0 Å². The molecule has 2 aromatic rings. The highest BCUT2D eigenvalue weighted by molar-refractivity contribution is 8.00. The minimum absolute atomic E-state index is 0.0617. The first-order valence-corrected chi connectivity index (χ1v) is 7.98. The summed E-state index contributed by atoms with van der Waals surface area (Å²) in [5.74, 6) is 0.113. The molecule has 5 nitrogen and oxygen atoms in total. The Bertz CT molecular complexity index is 827. The molecule has 0 aromatic heterocycles. The number of nitrogens with one attached hydrogen (secondary N) is 2. The lowest BCUT2D eigenvalue weighted by Gasteiger charge is -2.17. The summed E-state index contributed by atoms with van der Waals surface area (Å²) in [6.07, 6.45) is 0. The van der Waals surface area contributed by atoms with Gasteiger partial charge in [0, 0.05) is 17.0 Å². The van der Waals surface area contributed by atoms with E-state index in [0.717, 1.165) is 10.5 Å². The second kappa shape index (κ2) is 6.55. The Hall–Kier alpha value is -2.78. The number of carbonyl (C=O) groups is 2. The Labute approximate surface area is 137 Å². The third kappa shape index (κ3) is 3.52. The van der Waals surface area contributed by atoms with Gasteiger partial charge in [0.25, 0.3) is 5.91 Å². The first-order chi connectivity index (χ1) is 11.2. The zero-order valence-electron chi connectivity index (χ0n) is 12.1. The zero-order valence-corrected chi connectivity index (χ0v) is 12.9. The summed E-state index contributed by atoms with van der Waals surface area (Å²) in [7, 11) is 0. The molecule has 114 valence electrons. The number of nitriles is 1. The van der Waals surface area contributed by atoms with Crippen molar-refractivity contribution in [1.29, 1.82) is 5.26 Å². The van der Waals surface area contributed by atoms with Crippen molar-refractivity contribution in [3.05, 3.63) is 59.2 Å². The first kappa shape index (κ1) is 15.1. The van der Waals surface area contributed by atoms with Crippen LogP contribution in [0.4, 0.5) is 5.69 Å². The molecular formula is C17H13N3O2S. The number of hydrogen-bond acceptors (Lipinski definition) is 4. The molecule has 1 aliphatic heterocycles. The van der Waals surface area contributed by atoms with Crippen LogP contribution in [0.15, 0.2) is 47.4 Å². The molecule has 2 aromatic carbocycles. The molecule has 0 unspecified atom stereocenters. The minimum atomic E-state index is -0.222. The Morgan fingerprint density at radius 1 is 1.30 bits per heavy atom. The molecule has 3 rings (SSSR count). The molecular weight excluding hydrogens is 310 g/mol. The number of carbonyl (C=O) groups excluding carboxylic acids is 2. The molecule has 1 heterocycles. The highest BCUT2D eigenvalue weighted by atomic mass is 32.2. The number of rotatable bonds is 3. The van der Waals surface area contributed by atoms with Gasteiger partial charge in [-0.15, -0.1) is 11.8 Å². The third-order valence-electron chi connectivity index (χ3n) is 3.38. The van der Waals surface area contributed by atoms with Gasteiger partial charge >= 0.3 is 0 Å². The number of hydrogen-bond donors (Lipinski definition) is 2. The standard InChI is InChI=1S/C17H13N3O2S/c18-8-11-2-1-3-12(6-11)9-19-17(22)13-4-5-15-14(7-13)20-16(21)10-23-15/h1-7H,9-10H2,(H,19,22)(H,20,21). The van der Waals surface area contributed by atoms with Crippen LogP contribution in [0.2, 0.25) is 0 Å². The average Bonchev–Trinajstić information content (AvgIpc) is 2.59. The summed E-state index contributed by atoms with van der Waals surface area (Å²) in [5, 5.41) is 14.5. The molecule has 1 aliphatic rings. The lowest BCUT2D eigenvalue weighted by atomic mass is 10.1. The molecule has 0 fully saturated rings. The fraction of sp³-hybridized carbons (Fsp3) is 0.118. The van der Waals surface area contributed by atoms with Crippen LogP contribution in [-0.4, -0.2) is 17.6 Å². The van der Waals surface area contributed by atoms with Gasteiger partial charge in [0.05, 0.1) is 23.1 Å². The SMILES string of the molecule is N#Cc1cccc(CNC(=O)c2ccc3c(c2)NC(=O)CS3)c1. The van der Waals surface area contributed by atoms with Gasteiger partial charge in [-0.1, -0.05) is 12.1 Å². The molecule has 0 spiro atoms. The Balaban J connectivity index is 1.70. The summed E-state index contributed by atoms with van der Waals surface area (Å²) >= 11 is 1.46. The van der Waals surface area contributed by atoms with E-state index in [9.17, 15) is 9.59 Å². The van der Waals surface area contributed by atoms with Gasteiger partial charge < -0.3 is 10.6 Å². The Kier molecular flexibility index (Phi) is 4.31. The van der Waals surface area contributed by atoms with Gasteiger partial charge in [0.2, 0.25) is 5.91 Å². The molecule has 0 atom stereocenters. The molecule has 0 saturated carbocycles. The van der Waals surface area contributed by atoms with Crippen LogP contribution in [-0.2, 0) is 11.3 Å². The van der Waals surface area contributed by atoms with Crippen LogP contribution in [0.3, 0.4) is 0 Å². The lowest BCUT2D eigenvalue weighted by Crippen LogP contribution is -2.24. The fourth-order valence-corrected chi connectivity index (χ4v) is 3.05. The summed E-state index contributed by atoms with van der Waals surface area (Å²) < 4.78 is 0. The quantitative estimate of drug-likeness (QED) is 0.909. The number of amides is 2. The van der Waals surface area contributed by atoms with E-state index < -0.39 is 0 Å². The van der Waals surface area contributed by atoms with Crippen molar-refractivity contribution in [3.8, 4) is 6.07 Å². The van der Waals surface area contributed by atoms with E-state index in [0.29, 0.717) is 29.1 Å². The topological polar surface area (TPSA) is 82.0 Å². The van der Waals surface area contributed by atoms with Gasteiger partial charge in [-0.25, -0.2) is 0 Å². The summed E-state index contributed by atoms with van der Waals surface area (Å²) in [6.45, 7) is 0.340. The largest absolute Gasteiger partial charge is 0.348 e. The van der Waals surface area contributed by atoms with E-state index in [1.54, 1.807) is 30.3 Å². The molecule has 6 heteroatoms. The van der Waals surface area contributed by atoms with E-state index in [1.807, 2.05) is 12.1 Å². The van der Waals surface area contributed by atoms with E-state index in [-0.39, 0.29) is 11.8 Å². The average molecular weight is 323 g/mol. The number of benzene rings is 2. The highest BCUT2D eigenvalue weighted by Crippen LogP contribution is 2.31. The molecule has 23 heavy (non-hydrogen) atoms. The van der Waals surface area contributed by atoms with Crippen LogP contribution < -0.4 is 10.6 Å². The number of anilines is 1. The smallest absolute Gasteiger partial charge is 0.251 e. The summed E-state index contributed by atoms with van der Waals surface area (Å²) in [5.41, 5.74) is 2.58. The highest BCUT2D eigenvalue weighted by Gasteiger charge is 2.17. The molecule has 0 saturated heterocycles. The number of nitrogens with zero attached hydrogens (tertiary/aromatic N) is 1. The normalized spacial score (nSPS) is 12.7. The number of fused-ring (bicyclic) bond motifs is 1. The molecule has 0 aliphatic carbocycles. The second-order valence-electron chi connectivity index (χ2n) is 5.04. The maximum absolute atomic E-state index is 12.2. The van der Waals surface area contributed by atoms with Crippen LogP contribution in [0.5, 0.6) is 0 Å². The van der Waals surface area contributed by atoms with Crippen LogP contribution in [0.25, 0.3) is 0 Å². The van der Waals surface area contributed by atoms with Crippen molar-refractivity contribution in [1.82, 2.24) is 5.32 Å². The van der Waals surface area contributed by atoms with Gasteiger partial charge in [0.1, 0.15) is 0 Å². The van der Waals surface area contributed by atoms with Crippen molar-refractivity contribution in [2.45, 2.75) is 11.4 Å². The molecule has 2 amide bonds. The summed E-state index contributed by atoms with van der Waals surface area (Å²) in [4.78, 5) is 24.6. The van der Waals surface area contributed by atoms with Crippen molar-refractivity contribution in [3.63, 3.8) is 0 Å². The molecule has 0 bridgehead atoms. The van der Waals surface area contributed by atoms with Crippen molar-refractivity contribution in [2.24, 2.45) is 0 Å². The van der Waals surface area contributed by atoms with Crippen molar-refractivity contribution < 1.29 is 9.59 Å². The Morgan fingerprint density at radius 3 is 3.00 bits per heavy atom. The third-order valence-corrected chi connectivity index (χ3v) is 4.46. The molecule has 2 N–H and O–H groups in total. The minimum Gasteiger partial charge on any atom is -0.348 e. The predicted octanol–water partition coefficient (Wildman–Crippen LogP) is 2.53. The van der Waals surface area contributed by atoms with Gasteiger partial charge in [-0.3, -0.25) is 9.59 Å². The molecule has 0 radical (unpaired) electrons. The van der Waals surface area contributed by atoms with Crippen LogP contribution >= 0.6 is 11.8 Å². The second-order valence-corrected chi connectivity index (χ2v) is 6.06. The van der Waals surface area contributed by atoms with Crippen molar-refractivity contribution >= 4 is 29.3 Å².